The van der Waals surface area contributed by atoms with Crippen LogP contribution < -0.4 is 10.7 Å². The van der Waals surface area contributed by atoms with E-state index in [1.165, 1.54) is 6.07 Å². The summed E-state index contributed by atoms with van der Waals surface area (Å²) in [5.74, 6) is -0.257. The van der Waals surface area contributed by atoms with Crippen molar-refractivity contribution >= 4 is 16.8 Å². The Hall–Kier alpha value is -2.14. The van der Waals surface area contributed by atoms with Gasteiger partial charge < -0.3 is 15.2 Å². The lowest BCUT2D eigenvalue weighted by molar-refractivity contribution is 0.0946. The predicted molar refractivity (Wildman–Crippen MR) is 91.5 cm³/mol. The first kappa shape index (κ1) is 17.9. The molecule has 1 amide bonds. The Labute approximate surface area is 131 Å². The molecule has 0 aliphatic carbocycles. The molecule has 0 saturated heterocycles. The van der Waals surface area contributed by atoms with Crippen molar-refractivity contribution in [3.8, 4) is 0 Å². The molecule has 5 nitrogen and oxygen atoms in total. The number of carbonyl (C=O) groups excluding carboxylic acids is 1. The van der Waals surface area contributed by atoms with Gasteiger partial charge in [0.25, 0.3) is 5.91 Å². The standard InChI is InChI=1S/C15H19N3O2.C2H6/c1-10-5-4-6-11-14(10)13(19)9-12(17-11)15(20)16-7-8-18(2)3;1-2/h4-6,9H,7-8H2,1-3H3,(H,16,20)(H,17,19);1-2H3. The van der Waals surface area contributed by atoms with Crippen LogP contribution in [0.5, 0.6) is 0 Å². The Bertz CT molecular complexity index is 690. The molecule has 1 heterocycles. The lowest BCUT2D eigenvalue weighted by Gasteiger charge is -2.11. The molecule has 22 heavy (non-hydrogen) atoms. The fourth-order valence-electron chi connectivity index (χ4n) is 2.09. The first-order chi connectivity index (χ1) is 10.5. The third-order valence-corrected chi connectivity index (χ3v) is 3.15. The zero-order valence-corrected chi connectivity index (χ0v) is 14.0. The van der Waals surface area contributed by atoms with Gasteiger partial charge >= 0.3 is 0 Å². The Balaban J connectivity index is 0.00000116. The van der Waals surface area contributed by atoms with Crippen LogP contribution in [0.2, 0.25) is 0 Å². The highest BCUT2D eigenvalue weighted by molar-refractivity contribution is 5.95. The van der Waals surface area contributed by atoms with Crippen LogP contribution in [0.15, 0.2) is 29.1 Å². The van der Waals surface area contributed by atoms with E-state index < -0.39 is 0 Å². The predicted octanol–water partition coefficient (Wildman–Crippen LogP) is 2.15. The van der Waals surface area contributed by atoms with E-state index in [0.717, 1.165) is 12.1 Å². The van der Waals surface area contributed by atoms with Gasteiger partial charge in [0.2, 0.25) is 0 Å². The maximum atomic E-state index is 12.1. The number of aromatic nitrogens is 1. The summed E-state index contributed by atoms with van der Waals surface area (Å²) in [5, 5.41) is 3.42. The van der Waals surface area contributed by atoms with Crippen molar-refractivity contribution in [3.05, 3.63) is 45.7 Å². The molecule has 0 aliphatic rings. The van der Waals surface area contributed by atoms with Crippen molar-refractivity contribution < 1.29 is 4.79 Å². The van der Waals surface area contributed by atoms with Crippen LogP contribution in [0.25, 0.3) is 10.9 Å². The van der Waals surface area contributed by atoms with Gasteiger partial charge in [-0.15, -0.1) is 0 Å². The van der Waals surface area contributed by atoms with Gasteiger partial charge in [0.05, 0.1) is 5.52 Å². The Morgan fingerprint density at radius 3 is 2.59 bits per heavy atom. The molecule has 1 aromatic heterocycles. The van der Waals surface area contributed by atoms with Crippen LogP contribution in [-0.4, -0.2) is 43.0 Å². The highest BCUT2D eigenvalue weighted by Crippen LogP contribution is 2.12. The summed E-state index contributed by atoms with van der Waals surface area (Å²) in [5.41, 5.74) is 1.76. The summed E-state index contributed by atoms with van der Waals surface area (Å²) in [6.07, 6.45) is 0. The molecule has 2 rings (SSSR count). The molecule has 0 unspecified atom stereocenters. The fraction of sp³-hybridized carbons (Fsp3) is 0.412. The number of carbonyl (C=O) groups is 1. The molecule has 0 radical (unpaired) electrons. The van der Waals surface area contributed by atoms with Gasteiger partial charge in [0, 0.05) is 24.5 Å². The number of hydrogen-bond acceptors (Lipinski definition) is 3. The normalized spacial score (nSPS) is 10.3. The first-order valence-electron chi connectivity index (χ1n) is 7.54. The number of fused-ring (bicyclic) bond motifs is 1. The highest BCUT2D eigenvalue weighted by Gasteiger charge is 2.10. The molecule has 0 spiro atoms. The molecule has 2 N–H and O–H groups in total. The number of rotatable bonds is 4. The number of hydrogen-bond donors (Lipinski definition) is 2. The molecular weight excluding hydrogens is 278 g/mol. The highest BCUT2D eigenvalue weighted by atomic mass is 16.2. The van der Waals surface area contributed by atoms with Gasteiger partial charge in [-0.05, 0) is 32.6 Å². The molecule has 0 aliphatic heterocycles. The number of nitrogens with one attached hydrogen (secondary N) is 2. The first-order valence-corrected chi connectivity index (χ1v) is 7.54. The second-order valence-corrected chi connectivity index (χ2v) is 5.10. The van der Waals surface area contributed by atoms with Crippen molar-refractivity contribution in [1.29, 1.82) is 0 Å². The molecule has 5 heteroatoms. The van der Waals surface area contributed by atoms with Crippen LogP contribution in [0.3, 0.4) is 0 Å². The number of H-pyrrole nitrogens is 1. The zero-order chi connectivity index (χ0) is 16.7. The van der Waals surface area contributed by atoms with E-state index in [1.807, 2.05) is 51.9 Å². The lowest BCUT2D eigenvalue weighted by atomic mass is 10.1. The van der Waals surface area contributed by atoms with Crippen molar-refractivity contribution in [2.45, 2.75) is 20.8 Å². The van der Waals surface area contributed by atoms with Crippen molar-refractivity contribution in [1.82, 2.24) is 15.2 Å². The lowest BCUT2D eigenvalue weighted by Crippen LogP contribution is -2.32. The number of aromatic amines is 1. The molecule has 0 atom stereocenters. The smallest absolute Gasteiger partial charge is 0.267 e. The minimum absolute atomic E-state index is 0.130. The van der Waals surface area contributed by atoms with E-state index in [0.29, 0.717) is 23.1 Å². The zero-order valence-electron chi connectivity index (χ0n) is 14.0. The summed E-state index contributed by atoms with van der Waals surface area (Å²) in [6.45, 7) is 7.18. The van der Waals surface area contributed by atoms with E-state index >= 15 is 0 Å². The number of benzene rings is 1. The largest absolute Gasteiger partial charge is 0.350 e. The third-order valence-electron chi connectivity index (χ3n) is 3.15. The average molecular weight is 303 g/mol. The van der Waals surface area contributed by atoms with Crippen molar-refractivity contribution in [2.75, 3.05) is 27.2 Å². The topological polar surface area (TPSA) is 65.2 Å². The van der Waals surface area contributed by atoms with E-state index in [-0.39, 0.29) is 11.3 Å². The summed E-state index contributed by atoms with van der Waals surface area (Å²) in [6, 6.07) is 6.91. The Morgan fingerprint density at radius 2 is 1.95 bits per heavy atom. The van der Waals surface area contributed by atoms with Gasteiger partial charge in [-0.3, -0.25) is 9.59 Å². The maximum absolute atomic E-state index is 12.1. The molecule has 2 aromatic rings. The number of aryl methyl sites for hydroxylation is 1. The van der Waals surface area contributed by atoms with Crippen LogP contribution in [-0.2, 0) is 0 Å². The van der Waals surface area contributed by atoms with E-state index in [4.69, 9.17) is 0 Å². The van der Waals surface area contributed by atoms with Gasteiger partial charge in [0.15, 0.2) is 5.43 Å². The summed E-state index contributed by atoms with van der Waals surface area (Å²) >= 11 is 0. The van der Waals surface area contributed by atoms with Gasteiger partial charge in [0.1, 0.15) is 5.69 Å². The van der Waals surface area contributed by atoms with Crippen LogP contribution in [0, 0.1) is 6.92 Å². The van der Waals surface area contributed by atoms with Crippen LogP contribution in [0.4, 0.5) is 0 Å². The third kappa shape index (κ3) is 4.43. The quantitative estimate of drug-likeness (QED) is 0.909. The van der Waals surface area contributed by atoms with E-state index in [9.17, 15) is 9.59 Å². The monoisotopic (exact) mass is 303 g/mol. The van der Waals surface area contributed by atoms with Gasteiger partial charge in [-0.2, -0.15) is 0 Å². The number of likely N-dealkylation sites (N-methyl/N-ethyl adjacent to an activating group) is 1. The Morgan fingerprint density at radius 1 is 1.27 bits per heavy atom. The van der Waals surface area contributed by atoms with Crippen molar-refractivity contribution in [2.24, 2.45) is 0 Å². The summed E-state index contributed by atoms with van der Waals surface area (Å²) in [4.78, 5) is 29.1. The second-order valence-electron chi connectivity index (χ2n) is 5.10. The Kier molecular flexibility index (Phi) is 6.79. The molecule has 0 saturated carbocycles. The second kappa shape index (κ2) is 8.34. The van der Waals surface area contributed by atoms with Gasteiger partial charge in [-0.1, -0.05) is 26.0 Å². The summed E-state index contributed by atoms with van der Waals surface area (Å²) in [7, 11) is 3.87. The average Bonchev–Trinajstić information content (AvgIpc) is 2.48. The van der Waals surface area contributed by atoms with E-state index in [2.05, 4.69) is 10.3 Å². The van der Waals surface area contributed by atoms with E-state index in [1.54, 1.807) is 6.07 Å². The van der Waals surface area contributed by atoms with Crippen LogP contribution in [0.1, 0.15) is 29.9 Å². The minimum Gasteiger partial charge on any atom is -0.350 e. The van der Waals surface area contributed by atoms with Crippen LogP contribution >= 0.6 is 0 Å². The number of amides is 1. The molecule has 0 bridgehead atoms. The summed E-state index contributed by atoms with van der Waals surface area (Å²) < 4.78 is 0. The fourth-order valence-corrected chi connectivity index (χ4v) is 2.09. The minimum atomic E-state index is -0.257. The molecular formula is C17H25N3O2. The van der Waals surface area contributed by atoms with Crippen molar-refractivity contribution in [3.63, 3.8) is 0 Å². The van der Waals surface area contributed by atoms with Gasteiger partial charge in [-0.25, -0.2) is 0 Å². The number of pyridine rings is 1. The molecule has 0 fully saturated rings. The maximum Gasteiger partial charge on any atom is 0.267 e. The molecule has 120 valence electrons. The SMILES string of the molecule is CC.Cc1cccc2[nH]c(C(=O)NCCN(C)C)cc(=O)c12. The molecule has 1 aromatic carbocycles. The number of nitrogens with zero attached hydrogens (tertiary/aromatic N) is 1.